The molecular weight excluding hydrogens is 413 g/mol. The first kappa shape index (κ1) is 20.8. The van der Waals surface area contributed by atoms with Crippen LogP contribution in [0.4, 0.5) is 4.39 Å². The van der Waals surface area contributed by atoms with E-state index in [1.807, 2.05) is 60.8 Å². The highest BCUT2D eigenvalue weighted by molar-refractivity contribution is 5.62. The van der Waals surface area contributed by atoms with Crippen LogP contribution in [0, 0.1) is 5.95 Å². The average Bonchev–Trinajstić information content (AvgIpc) is 3.36. The number of rotatable bonds is 6. The van der Waals surface area contributed by atoms with Gasteiger partial charge in [0.15, 0.2) is 0 Å². The third kappa shape index (κ3) is 3.62. The van der Waals surface area contributed by atoms with Gasteiger partial charge < -0.3 is 9.67 Å². The van der Waals surface area contributed by atoms with Crippen molar-refractivity contribution >= 4 is 0 Å². The van der Waals surface area contributed by atoms with Gasteiger partial charge in [-0.15, -0.1) is 0 Å². The van der Waals surface area contributed by atoms with E-state index in [2.05, 4.69) is 50.9 Å². The highest BCUT2D eigenvalue weighted by Crippen LogP contribution is 2.41. The highest BCUT2D eigenvalue weighted by Gasteiger charge is 2.38. The van der Waals surface area contributed by atoms with Crippen molar-refractivity contribution in [1.29, 1.82) is 0 Å². The minimum absolute atomic E-state index is 0.303. The Morgan fingerprint density at radius 3 is 1.76 bits per heavy atom. The Hall–Kier alpha value is -4.09. The second kappa shape index (κ2) is 8.81. The fraction of sp³-hybridized carbons (Fsp3) is 0.0714. The van der Waals surface area contributed by atoms with E-state index >= 15 is 0 Å². The van der Waals surface area contributed by atoms with E-state index < -0.39 is 11.5 Å². The molecule has 0 aliphatic carbocycles. The molecule has 0 amide bonds. The van der Waals surface area contributed by atoms with Gasteiger partial charge in [-0.1, -0.05) is 91.0 Å². The molecule has 0 unspecified atom stereocenters. The Kier molecular flexibility index (Phi) is 5.55. The minimum atomic E-state index is -0.693. The number of hydrogen-bond acceptors (Lipinski definition) is 3. The Balaban J connectivity index is 1.80. The number of halogens is 1. The van der Waals surface area contributed by atoms with Crippen molar-refractivity contribution in [2.75, 3.05) is 0 Å². The van der Waals surface area contributed by atoms with Crippen molar-refractivity contribution in [3.63, 3.8) is 0 Å². The summed E-state index contributed by atoms with van der Waals surface area (Å²) in [6.07, 6.45) is 5.14. The van der Waals surface area contributed by atoms with Gasteiger partial charge in [0.25, 0.3) is 0 Å². The molecule has 0 radical (unpaired) electrons. The lowest BCUT2D eigenvalue weighted by Gasteiger charge is -2.37. The Bertz CT molecular complexity index is 1260. The summed E-state index contributed by atoms with van der Waals surface area (Å²) in [5.74, 6) is -0.630. The normalized spacial score (nSPS) is 11.5. The maximum atomic E-state index is 13.7. The van der Waals surface area contributed by atoms with Gasteiger partial charge in [-0.3, -0.25) is 0 Å². The maximum Gasteiger partial charge on any atom is 0.213 e. The number of aliphatic hydroxyl groups excluding tert-OH is 1. The molecule has 0 saturated heterocycles. The number of aliphatic hydroxyl groups is 1. The molecule has 5 rings (SSSR count). The molecule has 0 saturated carbocycles. The van der Waals surface area contributed by atoms with Crippen molar-refractivity contribution in [3.8, 4) is 11.3 Å². The summed E-state index contributed by atoms with van der Waals surface area (Å²) >= 11 is 0. The molecule has 0 atom stereocenters. The molecule has 0 spiro atoms. The van der Waals surface area contributed by atoms with Crippen molar-refractivity contribution in [1.82, 2.24) is 14.5 Å². The molecule has 0 aliphatic rings. The lowest BCUT2D eigenvalue weighted by atomic mass is 9.77. The van der Waals surface area contributed by atoms with Gasteiger partial charge in [0.1, 0.15) is 5.54 Å². The SMILES string of the molecule is OCc1cc(F)ncc1-c1cn(C(c2ccccc2)(c2ccccc2)c2ccccc2)cn1. The van der Waals surface area contributed by atoms with E-state index in [-0.39, 0.29) is 6.61 Å². The number of hydrogen-bond donors (Lipinski definition) is 1. The van der Waals surface area contributed by atoms with E-state index in [9.17, 15) is 9.50 Å². The van der Waals surface area contributed by atoms with E-state index in [1.165, 1.54) is 12.3 Å². The van der Waals surface area contributed by atoms with Crippen LogP contribution in [0.25, 0.3) is 11.3 Å². The molecule has 3 aromatic carbocycles. The van der Waals surface area contributed by atoms with Gasteiger partial charge in [0.2, 0.25) is 5.95 Å². The average molecular weight is 436 g/mol. The van der Waals surface area contributed by atoms with E-state index in [0.29, 0.717) is 16.8 Å². The first-order valence-corrected chi connectivity index (χ1v) is 10.7. The summed E-state index contributed by atoms with van der Waals surface area (Å²) in [6.45, 7) is -0.303. The van der Waals surface area contributed by atoms with Gasteiger partial charge in [-0.25, -0.2) is 9.97 Å². The smallest absolute Gasteiger partial charge is 0.213 e. The van der Waals surface area contributed by atoms with Crippen LogP contribution in [0.2, 0.25) is 0 Å². The second-order valence-electron chi connectivity index (χ2n) is 7.80. The molecule has 33 heavy (non-hydrogen) atoms. The third-order valence-corrected chi connectivity index (χ3v) is 5.95. The summed E-state index contributed by atoms with van der Waals surface area (Å²) in [6, 6.07) is 32.1. The number of pyridine rings is 1. The van der Waals surface area contributed by atoms with Gasteiger partial charge >= 0.3 is 0 Å². The number of nitrogens with zero attached hydrogens (tertiary/aromatic N) is 3. The summed E-state index contributed by atoms with van der Waals surface area (Å²) in [7, 11) is 0. The topological polar surface area (TPSA) is 50.9 Å². The first-order valence-electron chi connectivity index (χ1n) is 10.7. The molecule has 4 nitrogen and oxygen atoms in total. The monoisotopic (exact) mass is 435 g/mol. The minimum Gasteiger partial charge on any atom is -0.392 e. The van der Waals surface area contributed by atoms with E-state index in [4.69, 9.17) is 0 Å². The maximum absolute atomic E-state index is 13.7. The Labute approximate surface area is 191 Å². The lowest BCUT2D eigenvalue weighted by molar-refractivity contribution is 0.281. The molecule has 1 N–H and O–H groups in total. The van der Waals surface area contributed by atoms with Gasteiger partial charge in [0.05, 0.1) is 18.6 Å². The largest absolute Gasteiger partial charge is 0.392 e. The van der Waals surface area contributed by atoms with Gasteiger partial charge in [-0.2, -0.15) is 4.39 Å². The molecular formula is C28H22FN3O. The Morgan fingerprint density at radius 1 is 0.758 bits per heavy atom. The first-order chi connectivity index (χ1) is 16.2. The van der Waals surface area contributed by atoms with E-state index in [0.717, 1.165) is 16.7 Å². The fourth-order valence-electron chi connectivity index (χ4n) is 4.46. The van der Waals surface area contributed by atoms with Crippen LogP contribution in [0.3, 0.4) is 0 Å². The second-order valence-corrected chi connectivity index (χ2v) is 7.80. The van der Waals surface area contributed by atoms with Gasteiger partial charge in [0, 0.05) is 18.0 Å². The van der Waals surface area contributed by atoms with Crippen molar-refractivity contribution < 1.29 is 9.50 Å². The van der Waals surface area contributed by atoms with Crippen molar-refractivity contribution in [2.45, 2.75) is 12.1 Å². The highest BCUT2D eigenvalue weighted by atomic mass is 19.1. The summed E-state index contributed by atoms with van der Waals surface area (Å²) in [5.41, 5.74) is 4.18. The van der Waals surface area contributed by atoms with Gasteiger partial charge in [-0.05, 0) is 28.3 Å². The lowest BCUT2D eigenvalue weighted by Crippen LogP contribution is -2.36. The zero-order valence-corrected chi connectivity index (χ0v) is 17.8. The number of imidazole rings is 1. The van der Waals surface area contributed by atoms with Crippen LogP contribution >= 0.6 is 0 Å². The van der Waals surface area contributed by atoms with Crippen LogP contribution in [0.1, 0.15) is 22.3 Å². The third-order valence-electron chi connectivity index (χ3n) is 5.95. The van der Waals surface area contributed by atoms with Crippen LogP contribution in [0.15, 0.2) is 116 Å². The standard InChI is InChI=1S/C28H22FN3O/c29-27-16-21(19-33)25(17-30-27)26-18-32(20-31-26)28(22-10-4-1-5-11-22,23-12-6-2-7-13-23)24-14-8-3-9-15-24/h1-18,20,33H,19H2. The van der Waals surface area contributed by atoms with Crippen molar-refractivity contribution in [2.24, 2.45) is 0 Å². The molecule has 2 aromatic heterocycles. The molecule has 0 bridgehead atoms. The predicted molar refractivity (Wildman–Crippen MR) is 126 cm³/mol. The summed E-state index contributed by atoms with van der Waals surface area (Å²) in [5, 5.41) is 9.78. The molecule has 0 fully saturated rings. The fourth-order valence-corrected chi connectivity index (χ4v) is 4.46. The summed E-state index contributed by atoms with van der Waals surface area (Å²) in [4.78, 5) is 8.44. The van der Waals surface area contributed by atoms with Crippen LogP contribution in [0.5, 0.6) is 0 Å². The number of benzene rings is 3. The Morgan fingerprint density at radius 2 is 1.27 bits per heavy atom. The quantitative estimate of drug-likeness (QED) is 0.286. The zero-order chi connectivity index (χ0) is 22.7. The zero-order valence-electron chi connectivity index (χ0n) is 17.8. The molecule has 5 aromatic rings. The number of aromatic nitrogens is 3. The summed E-state index contributed by atoms with van der Waals surface area (Å²) < 4.78 is 15.7. The predicted octanol–water partition coefficient (Wildman–Crippen LogP) is 5.42. The van der Waals surface area contributed by atoms with E-state index in [1.54, 1.807) is 6.33 Å². The molecule has 162 valence electrons. The van der Waals surface area contributed by atoms with Crippen LogP contribution in [-0.4, -0.2) is 19.6 Å². The molecule has 0 aliphatic heterocycles. The van der Waals surface area contributed by atoms with Crippen LogP contribution < -0.4 is 0 Å². The molecule has 2 heterocycles. The van der Waals surface area contributed by atoms with Crippen molar-refractivity contribution in [3.05, 3.63) is 144 Å². The molecule has 5 heteroatoms. The van der Waals surface area contributed by atoms with Crippen LogP contribution in [-0.2, 0) is 12.1 Å².